The van der Waals surface area contributed by atoms with Crippen LogP contribution in [0.15, 0.2) is 35.2 Å². The molecular weight excluding hydrogens is 259 g/mol. The van der Waals surface area contributed by atoms with Gasteiger partial charge in [0.2, 0.25) is 5.91 Å². The predicted molar refractivity (Wildman–Crippen MR) is 62.1 cm³/mol. The maximum atomic E-state index is 14.0. The summed E-state index contributed by atoms with van der Waals surface area (Å²) in [4.78, 5) is 11.3. The van der Waals surface area contributed by atoms with Crippen LogP contribution in [0.4, 0.5) is 4.48 Å². The summed E-state index contributed by atoms with van der Waals surface area (Å²) in [5.41, 5.74) is 0. The molecule has 1 aliphatic rings. The Balaban J connectivity index is 2.27. The maximum absolute atomic E-state index is 14.0. The number of sulfonamides is 1. The summed E-state index contributed by atoms with van der Waals surface area (Å²) in [5, 5.41) is 0.645. The van der Waals surface area contributed by atoms with Gasteiger partial charge in [0, 0.05) is 13.0 Å². The molecule has 98 valence electrons. The van der Waals surface area contributed by atoms with Crippen LogP contribution in [0.5, 0.6) is 0 Å². The van der Waals surface area contributed by atoms with Gasteiger partial charge < -0.3 is 0 Å². The van der Waals surface area contributed by atoms with Crippen LogP contribution in [-0.4, -0.2) is 30.5 Å². The van der Waals surface area contributed by atoms with Gasteiger partial charge in [0.25, 0.3) is 10.0 Å². The summed E-state index contributed by atoms with van der Waals surface area (Å²) < 4.78 is 37.4. The number of carbonyl (C=O) groups is 1. The van der Waals surface area contributed by atoms with Crippen LogP contribution in [0.1, 0.15) is 19.3 Å². The zero-order valence-electron chi connectivity index (χ0n) is 9.62. The lowest BCUT2D eigenvalue weighted by Gasteiger charge is -2.29. The first-order chi connectivity index (χ1) is 8.53. The van der Waals surface area contributed by atoms with Crippen molar-refractivity contribution in [3.8, 4) is 0 Å². The SMILES string of the molecule is O=C1CCCCN1N(F)S(=O)(=O)c1ccccc1. The van der Waals surface area contributed by atoms with Crippen LogP contribution in [0, 0.1) is 0 Å². The van der Waals surface area contributed by atoms with E-state index in [0.717, 1.165) is 0 Å². The van der Waals surface area contributed by atoms with Crippen molar-refractivity contribution in [1.29, 1.82) is 0 Å². The first-order valence-electron chi connectivity index (χ1n) is 5.60. The fourth-order valence-electron chi connectivity index (χ4n) is 1.77. The monoisotopic (exact) mass is 272 g/mol. The third-order valence-electron chi connectivity index (χ3n) is 2.73. The molecule has 0 unspecified atom stereocenters. The molecule has 2 rings (SSSR count). The second-order valence-electron chi connectivity index (χ2n) is 3.99. The van der Waals surface area contributed by atoms with Crippen molar-refractivity contribution in [2.24, 2.45) is 0 Å². The number of benzene rings is 1. The van der Waals surface area contributed by atoms with E-state index in [1.165, 1.54) is 24.3 Å². The molecule has 1 fully saturated rings. The lowest BCUT2D eigenvalue weighted by atomic mass is 10.1. The van der Waals surface area contributed by atoms with E-state index in [4.69, 9.17) is 0 Å². The van der Waals surface area contributed by atoms with Gasteiger partial charge in [-0.2, -0.15) is 0 Å². The smallest absolute Gasteiger partial charge is 0.273 e. The second-order valence-corrected chi connectivity index (χ2v) is 5.71. The number of halogens is 1. The molecule has 0 spiro atoms. The van der Waals surface area contributed by atoms with Crippen molar-refractivity contribution in [2.75, 3.05) is 6.54 Å². The number of hydrogen-bond acceptors (Lipinski definition) is 3. The Morgan fingerprint density at radius 3 is 2.44 bits per heavy atom. The molecule has 1 aliphatic heterocycles. The Morgan fingerprint density at radius 2 is 1.83 bits per heavy atom. The highest BCUT2D eigenvalue weighted by atomic mass is 32.2. The topological polar surface area (TPSA) is 57.7 Å². The molecule has 1 saturated heterocycles. The first-order valence-corrected chi connectivity index (χ1v) is 7.04. The van der Waals surface area contributed by atoms with Crippen LogP contribution < -0.4 is 0 Å². The molecule has 18 heavy (non-hydrogen) atoms. The largest absolute Gasteiger partial charge is 0.287 e. The van der Waals surface area contributed by atoms with Crippen molar-refractivity contribution < 1.29 is 17.7 Å². The average Bonchev–Trinajstić information content (AvgIpc) is 2.39. The van der Waals surface area contributed by atoms with E-state index >= 15 is 0 Å². The predicted octanol–water partition coefficient (Wildman–Crippen LogP) is 1.49. The lowest BCUT2D eigenvalue weighted by molar-refractivity contribution is -0.162. The summed E-state index contributed by atoms with van der Waals surface area (Å²) >= 11 is 0. The minimum Gasteiger partial charge on any atom is -0.273 e. The Morgan fingerprint density at radius 1 is 1.17 bits per heavy atom. The van der Waals surface area contributed by atoms with Gasteiger partial charge in [-0.1, -0.05) is 22.7 Å². The Kier molecular flexibility index (Phi) is 3.63. The van der Waals surface area contributed by atoms with E-state index in [-0.39, 0.29) is 17.9 Å². The third-order valence-corrected chi connectivity index (χ3v) is 4.19. The van der Waals surface area contributed by atoms with E-state index in [1.807, 2.05) is 0 Å². The highest BCUT2D eigenvalue weighted by molar-refractivity contribution is 7.89. The first kappa shape index (κ1) is 13.0. The molecule has 0 saturated carbocycles. The van der Waals surface area contributed by atoms with E-state index in [1.54, 1.807) is 6.07 Å². The molecule has 0 aliphatic carbocycles. The number of nitrogens with zero attached hydrogens (tertiary/aromatic N) is 2. The number of amides is 1. The number of hydrogen-bond donors (Lipinski definition) is 0. The molecule has 1 heterocycles. The Labute approximate surface area is 105 Å². The minimum absolute atomic E-state index is 0.0847. The van der Waals surface area contributed by atoms with E-state index in [9.17, 15) is 17.7 Å². The number of rotatable bonds is 3. The molecular formula is C11H13FN2O3S. The lowest BCUT2D eigenvalue weighted by Crippen LogP contribution is -2.47. The van der Waals surface area contributed by atoms with Crippen molar-refractivity contribution in [1.82, 2.24) is 9.65 Å². The van der Waals surface area contributed by atoms with Crippen molar-refractivity contribution in [2.45, 2.75) is 24.2 Å². The van der Waals surface area contributed by atoms with Gasteiger partial charge in [-0.3, -0.25) is 4.79 Å². The fraction of sp³-hybridized carbons (Fsp3) is 0.364. The van der Waals surface area contributed by atoms with Crippen LogP contribution in [-0.2, 0) is 14.8 Å². The zero-order chi connectivity index (χ0) is 13.2. The molecule has 0 radical (unpaired) electrons. The molecule has 0 bridgehead atoms. The van der Waals surface area contributed by atoms with Gasteiger partial charge in [0.1, 0.15) is 0 Å². The van der Waals surface area contributed by atoms with Gasteiger partial charge in [0.05, 0.1) is 9.53 Å². The maximum Gasteiger partial charge on any atom is 0.287 e. The summed E-state index contributed by atoms with van der Waals surface area (Å²) in [7, 11) is -4.30. The van der Waals surface area contributed by atoms with Gasteiger partial charge in [-0.05, 0) is 25.0 Å². The summed E-state index contributed by atoms with van der Waals surface area (Å²) in [6.07, 6.45) is 1.43. The van der Waals surface area contributed by atoms with Crippen molar-refractivity contribution in [3.05, 3.63) is 30.3 Å². The van der Waals surface area contributed by atoms with Gasteiger partial charge in [0.15, 0.2) is 0 Å². The molecule has 0 N–H and O–H groups in total. The molecule has 0 aromatic heterocycles. The van der Waals surface area contributed by atoms with Crippen LogP contribution in [0.25, 0.3) is 0 Å². The summed E-state index contributed by atoms with van der Waals surface area (Å²) in [6, 6.07) is 7.21. The summed E-state index contributed by atoms with van der Waals surface area (Å²) in [6.45, 7) is 0.0847. The van der Waals surface area contributed by atoms with Crippen LogP contribution in [0.3, 0.4) is 0 Å². The fourth-order valence-corrected chi connectivity index (χ4v) is 2.87. The van der Waals surface area contributed by atoms with Gasteiger partial charge in [-0.15, -0.1) is 0 Å². The van der Waals surface area contributed by atoms with Gasteiger partial charge >= 0.3 is 0 Å². The van der Waals surface area contributed by atoms with E-state index in [2.05, 4.69) is 0 Å². The quantitative estimate of drug-likeness (QED) is 0.783. The highest BCUT2D eigenvalue weighted by Gasteiger charge is 2.34. The van der Waals surface area contributed by atoms with Crippen LogP contribution in [0.2, 0.25) is 0 Å². The van der Waals surface area contributed by atoms with E-state index < -0.39 is 20.6 Å². The standard InChI is InChI=1S/C11H13FN2O3S/c12-14(13-9-5-4-8-11(13)15)18(16,17)10-6-2-1-3-7-10/h1-3,6-7H,4-5,8-9H2. The van der Waals surface area contributed by atoms with Crippen molar-refractivity contribution >= 4 is 15.9 Å². The molecule has 1 aromatic carbocycles. The normalized spacial score (nSPS) is 17.2. The van der Waals surface area contributed by atoms with Gasteiger partial charge in [-0.25, -0.2) is 13.4 Å². The molecule has 1 amide bonds. The zero-order valence-corrected chi connectivity index (χ0v) is 10.4. The van der Waals surface area contributed by atoms with Crippen LogP contribution >= 0.6 is 0 Å². The number of carbonyl (C=O) groups excluding carboxylic acids is 1. The Bertz CT molecular complexity index is 532. The van der Waals surface area contributed by atoms with Crippen molar-refractivity contribution in [3.63, 3.8) is 0 Å². The Hall–Kier alpha value is -1.47. The number of hydrazine groups is 1. The average molecular weight is 272 g/mol. The second kappa shape index (κ2) is 5.03. The number of piperidine rings is 1. The summed E-state index contributed by atoms with van der Waals surface area (Å²) in [5.74, 6) is -0.511. The molecule has 0 atom stereocenters. The molecule has 5 nitrogen and oxygen atoms in total. The molecule has 1 aromatic rings. The highest BCUT2D eigenvalue weighted by Crippen LogP contribution is 2.21. The molecule has 7 heteroatoms. The minimum atomic E-state index is -4.30. The third kappa shape index (κ3) is 2.37. The van der Waals surface area contributed by atoms with E-state index in [0.29, 0.717) is 17.9 Å².